The van der Waals surface area contributed by atoms with Crippen molar-refractivity contribution in [1.29, 1.82) is 0 Å². The van der Waals surface area contributed by atoms with E-state index in [2.05, 4.69) is 11.8 Å². The molecule has 0 saturated heterocycles. The molecule has 0 saturated carbocycles. The molecule has 0 bridgehead atoms. The lowest BCUT2D eigenvalue weighted by molar-refractivity contribution is 0.0432. The fraction of sp³-hybridized carbons (Fsp3) is 1.00. The van der Waals surface area contributed by atoms with Crippen molar-refractivity contribution in [2.45, 2.75) is 39.2 Å². The molecule has 86 valence electrons. The summed E-state index contributed by atoms with van der Waals surface area (Å²) in [4.78, 5) is 2.17. The van der Waals surface area contributed by atoms with E-state index >= 15 is 0 Å². The molecule has 0 aromatic carbocycles. The van der Waals surface area contributed by atoms with E-state index in [4.69, 9.17) is 11.6 Å². The Morgan fingerprint density at radius 1 is 1.36 bits per heavy atom. The van der Waals surface area contributed by atoms with E-state index < -0.39 is 5.60 Å². The number of rotatable bonds is 7. The van der Waals surface area contributed by atoms with E-state index in [9.17, 15) is 5.11 Å². The molecule has 2 nitrogen and oxygen atoms in total. The summed E-state index contributed by atoms with van der Waals surface area (Å²) in [6, 6.07) is 0. The van der Waals surface area contributed by atoms with E-state index in [0.717, 1.165) is 31.8 Å². The Kier molecular flexibility index (Phi) is 6.75. The van der Waals surface area contributed by atoms with E-state index in [-0.39, 0.29) is 0 Å². The molecule has 14 heavy (non-hydrogen) atoms. The highest BCUT2D eigenvalue weighted by Crippen LogP contribution is 2.10. The first-order chi connectivity index (χ1) is 6.35. The number of likely N-dealkylation sites (N-methyl/N-ethyl adjacent to an activating group) is 1. The lowest BCUT2D eigenvalue weighted by atomic mass is 10.0. The predicted molar refractivity (Wildman–Crippen MR) is 62.9 cm³/mol. The van der Waals surface area contributed by atoms with Gasteiger partial charge in [0, 0.05) is 12.4 Å². The normalized spacial score (nSPS) is 14.8. The molecule has 0 radical (unpaired) electrons. The average molecular weight is 222 g/mol. The molecule has 1 atom stereocenters. The van der Waals surface area contributed by atoms with Crippen LogP contribution in [0.15, 0.2) is 0 Å². The SMILES string of the molecule is CC(CCCl)CCN(C)CC(C)(C)O. The first-order valence-electron chi connectivity index (χ1n) is 5.32. The fourth-order valence-electron chi connectivity index (χ4n) is 1.51. The first-order valence-corrected chi connectivity index (χ1v) is 5.85. The molecule has 0 aliphatic rings. The Hall–Kier alpha value is 0.210. The molecule has 3 heteroatoms. The zero-order valence-electron chi connectivity index (χ0n) is 9.89. The third kappa shape index (κ3) is 8.79. The van der Waals surface area contributed by atoms with Crippen LogP contribution in [-0.4, -0.2) is 41.6 Å². The minimum Gasteiger partial charge on any atom is -0.389 e. The quantitative estimate of drug-likeness (QED) is 0.668. The molecule has 0 heterocycles. The molecular formula is C11H24ClNO. The van der Waals surface area contributed by atoms with Gasteiger partial charge in [0.2, 0.25) is 0 Å². The minimum atomic E-state index is -0.593. The first kappa shape index (κ1) is 14.2. The molecule has 0 rings (SSSR count). The summed E-state index contributed by atoms with van der Waals surface area (Å²) in [7, 11) is 2.05. The van der Waals surface area contributed by atoms with E-state index in [1.54, 1.807) is 0 Å². The third-order valence-corrected chi connectivity index (χ3v) is 2.48. The van der Waals surface area contributed by atoms with Crippen LogP contribution in [0.4, 0.5) is 0 Å². The van der Waals surface area contributed by atoms with Gasteiger partial charge in [-0.2, -0.15) is 0 Å². The second kappa shape index (κ2) is 6.65. The Morgan fingerprint density at radius 2 is 1.93 bits per heavy atom. The van der Waals surface area contributed by atoms with Crippen LogP contribution < -0.4 is 0 Å². The van der Waals surface area contributed by atoms with Crippen molar-refractivity contribution in [3.63, 3.8) is 0 Å². The smallest absolute Gasteiger partial charge is 0.0718 e. The number of alkyl halides is 1. The number of hydrogen-bond acceptors (Lipinski definition) is 2. The van der Waals surface area contributed by atoms with Gasteiger partial charge in [-0.25, -0.2) is 0 Å². The van der Waals surface area contributed by atoms with Crippen molar-refractivity contribution in [3.8, 4) is 0 Å². The van der Waals surface area contributed by atoms with Crippen LogP contribution >= 0.6 is 11.6 Å². The van der Waals surface area contributed by atoms with E-state index in [0.29, 0.717) is 5.92 Å². The standard InChI is InChI=1S/C11H24ClNO/c1-10(5-7-12)6-8-13(4)9-11(2,3)14/h10,14H,5-9H2,1-4H3. The Bertz CT molecular complexity index is 145. The average Bonchev–Trinajstić information content (AvgIpc) is 1.98. The fourth-order valence-corrected chi connectivity index (χ4v) is 1.88. The van der Waals surface area contributed by atoms with Gasteiger partial charge < -0.3 is 10.0 Å². The maximum atomic E-state index is 9.59. The van der Waals surface area contributed by atoms with Gasteiger partial charge >= 0.3 is 0 Å². The van der Waals surface area contributed by atoms with Crippen molar-refractivity contribution in [2.24, 2.45) is 5.92 Å². The lowest BCUT2D eigenvalue weighted by Crippen LogP contribution is -2.37. The molecule has 1 N–H and O–H groups in total. The number of aliphatic hydroxyl groups is 1. The zero-order valence-corrected chi connectivity index (χ0v) is 10.6. The van der Waals surface area contributed by atoms with Crippen LogP contribution in [0.2, 0.25) is 0 Å². The Balaban J connectivity index is 3.58. The highest BCUT2D eigenvalue weighted by molar-refractivity contribution is 6.17. The molecule has 0 aromatic rings. The van der Waals surface area contributed by atoms with Crippen LogP contribution in [0.5, 0.6) is 0 Å². The molecule has 0 aromatic heterocycles. The van der Waals surface area contributed by atoms with E-state index in [1.165, 1.54) is 0 Å². The number of nitrogens with zero attached hydrogens (tertiary/aromatic N) is 1. The van der Waals surface area contributed by atoms with Gasteiger partial charge in [-0.05, 0) is 46.2 Å². The molecular weight excluding hydrogens is 198 g/mol. The van der Waals surface area contributed by atoms with Crippen LogP contribution in [0.3, 0.4) is 0 Å². The van der Waals surface area contributed by atoms with Crippen LogP contribution in [0, 0.1) is 5.92 Å². The van der Waals surface area contributed by atoms with Crippen molar-refractivity contribution in [1.82, 2.24) is 4.90 Å². The lowest BCUT2D eigenvalue weighted by Gasteiger charge is -2.26. The second-order valence-electron chi connectivity index (χ2n) is 4.92. The Morgan fingerprint density at radius 3 is 2.36 bits per heavy atom. The topological polar surface area (TPSA) is 23.5 Å². The van der Waals surface area contributed by atoms with Gasteiger partial charge in [0.25, 0.3) is 0 Å². The summed E-state index contributed by atoms with van der Waals surface area (Å²) >= 11 is 5.66. The monoisotopic (exact) mass is 221 g/mol. The zero-order chi connectivity index (χ0) is 11.2. The van der Waals surface area contributed by atoms with Crippen molar-refractivity contribution < 1.29 is 5.11 Å². The number of halogens is 1. The van der Waals surface area contributed by atoms with E-state index in [1.807, 2.05) is 20.9 Å². The molecule has 0 amide bonds. The van der Waals surface area contributed by atoms with Crippen LogP contribution in [0.25, 0.3) is 0 Å². The van der Waals surface area contributed by atoms with Gasteiger partial charge in [0.1, 0.15) is 0 Å². The van der Waals surface area contributed by atoms with Gasteiger partial charge in [0.05, 0.1) is 5.60 Å². The predicted octanol–water partition coefficient (Wildman–Crippen LogP) is 2.34. The molecule has 0 aliphatic carbocycles. The summed E-state index contributed by atoms with van der Waals surface area (Å²) in [5, 5.41) is 9.59. The second-order valence-corrected chi connectivity index (χ2v) is 5.30. The van der Waals surface area contributed by atoms with Gasteiger partial charge in [0.15, 0.2) is 0 Å². The minimum absolute atomic E-state index is 0.593. The molecule has 0 fully saturated rings. The maximum Gasteiger partial charge on any atom is 0.0718 e. The maximum absolute atomic E-state index is 9.59. The van der Waals surface area contributed by atoms with Gasteiger partial charge in [-0.3, -0.25) is 0 Å². The highest BCUT2D eigenvalue weighted by Gasteiger charge is 2.15. The summed E-state index contributed by atoms with van der Waals surface area (Å²) in [5.74, 6) is 1.42. The van der Waals surface area contributed by atoms with Crippen LogP contribution in [0.1, 0.15) is 33.6 Å². The molecule has 0 spiro atoms. The van der Waals surface area contributed by atoms with Crippen molar-refractivity contribution in [2.75, 3.05) is 26.0 Å². The summed E-state index contributed by atoms with van der Waals surface area (Å²) < 4.78 is 0. The Labute approximate surface area is 93.2 Å². The summed E-state index contributed by atoms with van der Waals surface area (Å²) in [5.41, 5.74) is -0.593. The van der Waals surface area contributed by atoms with Gasteiger partial charge in [-0.15, -0.1) is 11.6 Å². The van der Waals surface area contributed by atoms with Crippen molar-refractivity contribution in [3.05, 3.63) is 0 Å². The summed E-state index contributed by atoms with van der Waals surface area (Å²) in [6.45, 7) is 7.65. The van der Waals surface area contributed by atoms with Gasteiger partial charge in [-0.1, -0.05) is 6.92 Å². The summed E-state index contributed by atoms with van der Waals surface area (Å²) in [6.07, 6.45) is 2.23. The molecule has 0 aliphatic heterocycles. The van der Waals surface area contributed by atoms with Crippen LogP contribution in [-0.2, 0) is 0 Å². The highest BCUT2D eigenvalue weighted by atomic mass is 35.5. The number of hydrogen-bond donors (Lipinski definition) is 1. The molecule has 1 unspecified atom stereocenters. The third-order valence-electron chi connectivity index (χ3n) is 2.26. The van der Waals surface area contributed by atoms with Crippen molar-refractivity contribution >= 4 is 11.6 Å². The largest absolute Gasteiger partial charge is 0.389 e.